The zero-order valence-electron chi connectivity index (χ0n) is 27.6. The summed E-state index contributed by atoms with van der Waals surface area (Å²) >= 11 is 17.9. The van der Waals surface area contributed by atoms with E-state index in [1.54, 1.807) is 66.7 Å². The first-order valence-corrected chi connectivity index (χ1v) is 19.4. The van der Waals surface area contributed by atoms with Gasteiger partial charge in [-0.1, -0.05) is 110 Å². The third-order valence-electron chi connectivity index (χ3n) is 8.26. The molecule has 1 N–H and O–H groups in total. The summed E-state index contributed by atoms with van der Waals surface area (Å²) in [5, 5.41) is 8.10. The maximum atomic E-state index is 13.6. The van der Waals surface area contributed by atoms with Gasteiger partial charge < -0.3 is 28.1 Å². The standard InChI is InChI=1S/C35H38Cl3NO9Si/c1-34(2,3)49(4,5)43-21-25-26(45-29(40)22-15-9-6-10-16-22)27(46-30(41)23-17-11-7-12-18-23)28(32(44-25)48-33(39)35(36,37)38)47-31(42)24-19-13-8-14-20-24/h6-20,25-28,32,39H,21H2,1-5H3/t25-,26-,27+,28+,32-/m1/s1. The van der Waals surface area contributed by atoms with Crippen molar-refractivity contribution in [3.8, 4) is 0 Å². The van der Waals surface area contributed by atoms with Crippen LogP contribution in [0.3, 0.4) is 0 Å². The van der Waals surface area contributed by atoms with Crippen molar-refractivity contribution < 1.29 is 42.5 Å². The van der Waals surface area contributed by atoms with E-state index < -0.39 is 66.6 Å². The second-order valence-corrected chi connectivity index (χ2v) is 19.9. The van der Waals surface area contributed by atoms with Crippen LogP contribution in [-0.4, -0.2) is 73.2 Å². The molecule has 0 aromatic heterocycles. The van der Waals surface area contributed by atoms with Gasteiger partial charge in [0, 0.05) is 0 Å². The van der Waals surface area contributed by atoms with Crippen molar-refractivity contribution in [2.24, 2.45) is 0 Å². The van der Waals surface area contributed by atoms with Crippen molar-refractivity contribution in [2.75, 3.05) is 6.61 Å². The number of hydrogen-bond acceptors (Lipinski definition) is 10. The molecule has 1 fully saturated rings. The summed E-state index contributed by atoms with van der Waals surface area (Å²) in [6, 6.07) is 24.2. The average Bonchev–Trinajstić information content (AvgIpc) is 3.06. The monoisotopic (exact) mass is 749 g/mol. The maximum Gasteiger partial charge on any atom is 0.338 e. The second-order valence-electron chi connectivity index (χ2n) is 12.8. The largest absolute Gasteiger partial charge is 0.452 e. The minimum absolute atomic E-state index is 0.145. The van der Waals surface area contributed by atoms with Crippen LogP contribution in [0.1, 0.15) is 51.8 Å². The zero-order chi connectivity index (χ0) is 36.0. The molecular formula is C35H38Cl3NO9Si. The number of alkyl halides is 3. The lowest BCUT2D eigenvalue weighted by molar-refractivity contribution is -0.278. The summed E-state index contributed by atoms with van der Waals surface area (Å²) < 4.78 is 34.1. The van der Waals surface area contributed by atoms with Crippen molar-refractivity contribution in [2.45, 2.75) is 73.4 Å². The van der Waals surface area contributed by atoms with Gasteiger partial charge in [-0.05, 0) is 54.5 Å². The summed E-state index contributed by atoms with van der Waals surface area (Å²) in [6.45, 7) is 10.0. The van der Waals surface area contributed by atoms with E-state index in [0.29, 0.717) is 0 Å². The molecule has 1 heterocycles. The van der Waals surface area contributed by atoms with Gasteiger partial charge >= 0.3 is 17.9 Å². The predicted molar refractivity (Wildman–Crippen MR) is 188 cm³/mol. The zero-order valence-corrected chi connectivity index (χ0v) is 30.8. The highest BCUT2D eigenvalue weighted by molar-refractivity contribution is 6.76. The van der Waals surface area contributed by atoms with Gasteiger partial charge in [0.15, 0.2) is 20.5 Å². The molecule has 49 heavy (non-hydrogen) atoms. The molecule has 1 saturated heterocycles. The second kappa shape index (κ2) is 16.1. The summed E-state index contributed by atoms with van der Waals surface area (Å²) in [4.78, 5) is 40.7. The minimum atomic E-state index is -2.46. The number of esters is 3. The van der Waals surface area contributed by atoms with Gasteiger partial charge in [0.05, 0.1) is 23.3 Å². The number of nitrogens with one attached hydrogen (secondary N) is 1. The highest BCUT2D eigenvalue weighted by atomic mass is 35.6. The van der Waals surface area contributed by atoms with Crippen LogP contribution in [0.15, 0.2) is 91.0 Å². The van der Waals surface area contributed by atoms with Crippen molar-refractivity contribution >= 4 is 66.9 Å². The Morgan fingerprint density at radius 1 is 0.673 bits per heavy atom. The number of benzene rings is 3. The van der Waals surface area contributed by atoms with Crippen LogP contribution in [0, 0.1) is 5.41 Å². The van der Waals surface area contributed by atoms with Gasteiger partial charge in [-0.25, -0.2) is 14.4 Å². The molecule has 1 aliphatic rings. The Kier molecular flexibility index (Phi) is 12.6. The van der Waals surface area contributed by atoms with Crippen molar-refractivity contribution in [3.05, 3.63) is 108 Å². The SMILES string of the molecule is CC(C)(C)[Si](C)(C)OC[C@H]1O[C@H](OC(=N)C(Cl)(Cl)Cl)[C@@H](OC(=O)c2ccccc2)[C@@H](OC(=O)c2ccccc2)[C@@H]1OC(=O)c1ccccc1. The van der Waals surface area contributed by atoms with Gasteiger partial charge in [-0.3, -0.25) is 5.41 Å². The molecule has 262 valence electrons. The minimum Gasteiger partial charge on any atom is -0.452 e. The Morgan fingerprint density at radius 2 is 1.06 bits per heavy atom. The van der Waals surface area contributed by atoms with Crippen molar-refractivity contribution in [1.82, 2.24) is 0 Å². The van der Waals surface area contributed by atoms with Crippen LogP contribution < -0.4 is 0 Å². The maximum absolute atomic E-state index is 13.6. The number of carbonyl (C=O) groups excluding carboxylic acids is 3. The van der Waals surface area contributed by atoms with Crippen LogP contribution in [0.25, 0.3) is 0 Å². The van der Waals surface area contributed by atoms with E-state index in [0.717, 1.165) is 0 Å². The molecule has 0 radical (unpaired) electrons. The average molecular weight is 751 g/mol. The molecule has 14 heteroatoms. The molecule has 0 spiro atoms. The van der Waals surface area contributed by atoms with Gasteiger partial charge in [0.2, 0.25) is 18.3 Å². The molecule has 3 aromatic carbocycles. The fourth-order valence-electron chi connectivity index (χ4n) is 4.50. The lowest BCUT2D eigenvalue weighted by Gasteiger charge is -2.45. The normalized spacial score (nSPS) is 21.3. The summed E-state index contributed by atoms with van der Waals surface area (Å²) in [5.41, 5.74) is 0.511. The fourth-order valence-corrected chi connectivity index (χ4v) is 5.64. The molecule has 0 aliphatic carbocycles. The Morgan fingerprint density at radius 3 is 1.45 bits per heavy atom. The Labute approximate surface area is 301 Å². The van der Waals surface area contributed by atoms with Crippen LogP contribution in [0.2, 0.25) is 18.1 Å². The molecule has 1 aliphatic heterocycles. The summed E-state index contributed by atoms with van der Waals surface area (Å²) in [5.74, 6) is -3.31. The summed E-state index contributed by atoms with van der Waals surface area (Å²) in [7, 11) is -2.46. The van der Waals surface area contributed by atoms with E-state index in [2.05, 4.69) is 0 Å². The third-order valence-corrected chi connectivity index (χ3v) is 13.3. The van der Waals surface area contributed by atoms with E-state index >= 15 is 0 Å². The highest BCUT2D eigenvalue weighted by Crippen LogP contribution is 2.39. The molecule has 0 unspecified atom stereocenters. The Bertz CT molecular complexity index is 1600. The van der Waals surface area contributed by atoms with E-state index in [1.807, 2.05) is 33.9 Å². The van der Waals surface area contributed by atoms with E-state index in [-0.39, 0.29) is 28.3 Å². The Hall–Kier alpha value is -3.45. The Balaban J connectivity index is 1.84. The van der Waals surface area contributed by atoms with Crippen LogP contribution in [0.5, 0.6) is 0 Å². The molecule has 5 atom stereocenters. The van der Waals surface area contributed by atoms with Crippen molar-refractivity contribution in [3.63, 3.8) is 0 Å². The first kappa shape index (κ1) is 38.4. The molecule has 10 nitrogen and oxygen atoms in total. The van der Waals surface area contributed by atoms with Gasteiger partial charge in [-0.15, -0.1) is 0 Å². The number of hydrogen-bond donors (Lipinski definition) is 1. The van der Waals surface area contributed by atoms with E-state index in [1.165, 1.54) is 24.3 Å². The fraction of sp³-hybridized carbons (Fsp3) is 0.371. The molecule has 0 bridgehead atoms. The van der Waals surface area contributed by atoms with E-state index in [9.17, 15) is 14.4 Å². The lowest BCUT2D eigenvalue weighted by atomic mass is 9.97. The molecule has 0 saturated carbocycles. The number of halogens is 3. The van der Waals surface area contributed by atoms with Gasteiger partial charge in [-0.2, -0.15) is 0 Å². The molecule has 4 rings (SSSR count). The molecular weight excluding hydrogens is 713 g/mol. The summed E-state index contributed by atoms with van der Waals surface area (Å²) in [6.07, 6.45) is -7.51. The van der Waals surface area contributed by atoms with Gasteiger partial charge in [0.25, 0.3) is 3.79 Å². The quantitative estimate of drug-likeness (QED) is 0.0552. The smallest absolute Gasteiger partial charge is 0.338 e. The van der Waals surface area contributed by atoms with Crippen molar-refractivity contribution in [1.29, 1.82) is 5.41 Å². The number of carbonyl (C=O) groups is 3. The number of ether oxygens (including phenoxy) is 5. The van der Waals surface area contributed by atoms with Crippen LogP contribution in [0.4, 0.5) is 0 Å². The lowest BCUT2D eigenvalue weighted by Crippen LogP contribution is -2.64. The third kappa shape index (κ3) is 10.1. The van der Waals surface area contributed by atoms with E-state index in [4.69, 9.17) is 68.3 Å². The van der Waals surface area contributed by atoms with Crippen LogP contribution in [-0.2, 0) is 28.1 Å². The first-order valence-electron chi connectivity index (χ1n) is 15.4. The highest BCUT2D eigenvalue weighted by Gasteiger charge is 2.55. The van der Waals surface area contributed by atoms with Gasteiger partial charge in [0.1, 0.15) is 6.10 Å². The topological polar surface area (TPSA) is 130 Å². The first-order chi connectivity index (χ1) is 23.0. The predicted octanol–water partition coefficient (Wildman–Crippen LogP) is 7.77. The molecule has 3 aromatic rings. The van der Waals surface area contributed by atoms with Crippen LogP contribution >= 0.6 is 34.8 Å². The molecule has 0 amide bonds. The number of rotatable bonds is 10.